The van der Waals surface area contributed by atoms with Gasteiger partial charge in [0.1, 0.15) is 0 Å². The predicted octanol–water partition coefficient (Wildman–Crippen LogP) is 3.65. The second-order valence-electron chi connectivity index (χ2n) is 4.16. The summed E-state index contributed by atoms with van der Waals surface area (Å²) in [5.41, 5.74) is 8.62. The Morgan fingerprint density at radius 3 is 2.44 bits per heavy atom. The maximum Gasteiger partial charge on any atom is 0.0621 e. The minimum Gasteiger partial charge on any atom is -0.398 e. The average Bonchev–Trinajstić information content (AvgIpc) is 2.32. The molecule has 0 aliphatic carbocycles. The molecule has 94 valence electrons. The van der Waals surface area contributed by atoms with Crippen LogP contribution in [0, 0.1) is 6.92 Å². The van der Waals surface area contributed by atoms with Crippen LogP contribution >= 0.6 is 15.9 Å². The van der Waals surface area contributed by atoms with Gasteiger partial charge in [0.15, 0.2) is 0 Å². The SMILES string of the molecule is Cc1ccc(S(=O)Cc2ccc(Br)cc2)c(N)c1. The fourth-order valence-electron chi connectivity index (χ4n) is 1.68. The van der Waals surface area contributed by atoms with Crippen molar-refractivity contribution in [3.63, 3.8) is 0 Å². The summed E-state index contributed by atoms with van der Waals surface area (Å²) >= 11 is 3.38. The number of rotatable bonds is 3. The zero-order valence-corrected chi connectivity index (χ0v) is 12.4. The molecule has 0 saturated carbocycles. The second-order valence-corrected chi connectivity index (χ2v) is 6.49. The van der Waals surface area contributed by atoms with E-state index in [-0.39, 0.29) is 0 Å². The summed E-state index contributed by atoms with van der Waals surface area (Å²) in [5.74, 6) is 0.487. The Balaban J connectivity index is 2.19. The van der Waals surface area contributed by atoms with E-state index in [0.717, 1.165) is 15.6 Å². The fraction of sp³-hybridized carbons (Fsp3) is 0.143. The van der Waals surface area contributed by atoms with Crippen molar-refractivity contribution in [1.29, 1.82) is 0 Å². The third-order valence-electron chi connectivity index (χ3n) is 2.62. The standard InChI is InChI=1S/C14H14BrNOS/c1-10-2-7-14(13(16)8-10)18(17)9-11-3-5-12(15)6-4-11/h2-8H,9,16H2,1H3. The first kappa shape index (κ1) is 13.3. The lowest BCUT2D eigenvalue weighted by Gasteiger charge is -2.07. The van der Waals surface area contributed by atoms with Crippen molar-refractivity contribution >= 4 is 32.4 Å². The van der Waals surface area contributed by atoms with Crippen molar-refractivity contribution in [2.24, 2.45) is 0 Å². The molecule has 0 saturated heterocycles. The number of anilines is 1. The lowest BCUT2D eigenvalue weighted by atomic mass is 10.2. The highest BCUT2D eigenvalue weighted by atomic mass is 79.9. The van der Waals surface area contributed by atoms with Crippen LogP contribution in [0.2, 0.25) is 0 Å². The molecular weight excluding hydrogens is 310 g/mol. The number of hydrogen-bond donors (Lipinski definition) is 1. The van der Waals surface area contributed by atoms with Crippen LogP contribution in [0.15, 0.2) is 51.8 Å². The molecule has 0 heterocycles. The first-order valence-corrected chi connectivity index (χ1v) is 7.66. The van der Waals surface area contributed by atoms with E-state index in [9.17, 15) is 4.21 Å². The van der Waals surface area contributed by atoms with Gasteiger partial charge in [0.05, 0.1) is 21.4 Å². The highest BCUT2D eigenvalue weighted by molar-refractivity contribution is 9.10. The Morgan fingerprint density at radius 2 is 1.83 bits per heavy atom. The van der Waals surface area contributed by atoms with E-state index in [2.05, 4.69) is 15.9 Å². The van der Waals surface area contributed by atoms with E-state index in [0.29, 0.717) is 16.3 Å². The summed E-state index contributed by atoms with van der Waals surface area (Å²) in [6.07, 6.45) is 0. The molecule has 2 aromatic rings. The molecule has 18 heavy (non-hydrogen) atoms. The van der Waals surface area contributed by atoms with E-state index < -0.39 is 10.8 Å². The molecule has 1 unspecified atom stereocenters. The van der Waals surface area contributed by atoms with Crippen molar-refractivity contribution in [2.45, 2.75) is 17.6 Å². The van der Waals surface area contributed by atoms with Crippen molar-refractivity contribution < 1.29 is 4.21 Å². The Bertz CT molecular complexity index is 581. The summed E-state index contributed by atoms with van der Waals surface area (Å²) in [6, 6.07) is 13.5. The van der Waals surface area contributed by atoms with E-state index in [4.69, 9.17) is 5.73 Å². The van der Waals surface area contributed by atoms with E-state index in [1.807, 2.05) is 49.4 Å². The monoisotopic (exact) mass is 323 g/mol. The topological polar surface area (TPSA) is 43.1 Å². The van der Waals surface area contributed by atoms with Crippen LogP contribution in [-0.4, -0.2) is 4.21 Å². The van der Waals surface area contributed by atoms with Crippen molar-refractivity contribution in [1.82, 2.24) is 0 Å². The van der Waals surface area contributed by atoms with Crippen LogP contribution < -0.4 is 5.73 Å². The van der Waals surface area contributed by atoms with Crippen LogP contribution in [0.4, 0.5) is 5.69 Å². The van der Waals surface area contributed by atoms with Gasteiger partial charge in [-0.25, -0.2) is 0 Å². The quantitative estimate of drug-likeness (QED) is 0.876. The zero-order chi connectivity index (χ0) is 13.1. The molecule has 0 aromatic heterocycles. The van der Waals surface area contributed by atoms with Gasteiger partial charge < -0.3 is 5.73 Å². The van der Waals surface area contributed by atoms with Gasteiger partial charge in [0.25, 0.3) is 0 Å². The van der Waals surface area contributed by atoms with Gasteiger partial charge in [-0.15, -0.1) is 0 Å². The molecular formula is C14H14BrNOS. The van der Waals surface area contributed by atoms with Gasteiger partial charge in [0.2, 0.25) is 0 Å². The van der Waals surface area contributed by atoms with Crippen molar-refractivity contribution in [2.75, 3.05) is 5.73 Å². The molecule has 0 fully saturated rings. The number of nitrogen functional groups attached to an aromatic ring is 1. The number of aryl methyl sites for hydroxylation is 1. The molecule has 4 heteroatoms. The van der Waals surface area contributed by atoms with Crippen LogP contribution in [0.1, 0.15) is 11.1 Å². The molecule has 0 aliphatic rings. The lowest BCUT2D eigenvalue weighted by molar-refractivity contribution is 0.683. The van der Waals surface area contributed by atoms with E-state index in [1.165, 1.54) is 0 Å². The van der Waals surface area contributed by atoms with Gasteiger partial charge in [0, 0.05) is 10.2 Å². The highest BCUT2D eigenvalue weighted by Gasteiger charge is 2.08. The van der Waals surface area contributed by atoms with Crippen molar-refractivity contribution in [3.05, 3.63) is 58.1 Å². The smallest absolute Gasteiger partial charge is 0.0621 e. The third-order valence-corrected chi connectivity index (χ3v) is 4.61. The summed E-state index contributed by atoms with van der Waals surface area (Å²) in [5, 5.41) is 0. The number of benzene rings is 2. The molecule has 0 spiro atoms. The Hall–Kier alpha value is -1.13. The maximum absolute atomic E-state index is 12.3. The van der Waals surface area contributed by atoms with Gasteiger partial charge >= 0.3 is 0 Å². The maximum atomic E-state index is 12.3. The Morgan fingerprint density at radius 1 is 1.17 bits per heavy atom. The molecule has 1 atom stereocenters. The highest BCUT2D eigenvalue weighted by Crippen LogP contribution is 2.21. The third kappa shape index (κ3) is 3.21. The lowest BCUT2D eigenvalue weighted by Crippen LogP contribution is -2.01. The number of hydrogen-bond acceptors (Lipinski definition) is 2. The van der Waals surface area contributed by atoms with Crippen molar-refractivity contribution in [3.8, 4) is 0 Å². The molecule has 2 N–H and O–H groups in total. The van der Waals surface area contributed by atoms with Crippen LogP contribution in [-0.2, 0) is 16.6 Å². The largest absolute Gasteiger partial charge is 0.398 e. The van der Waals surface area contributed by atoms with E-state index >= 15 is 0 Å². The molecule has 0 amide bonds. The van der Waals surface area contributed by atoms with Crippen LogP contribution in [0.25, 0.3) is 0 Å². The second kappa shape index (κ2) is 5.67. The van der Waals surface area contributed by atoms with Crippen LogP contribution in [0.3, 0.4) is 0 Å². The summed E-state index contributed by atoms with van der Waals surface area (Å²) in [6.45, 7) is 1.97. The summed E-state index contributed by atoms with van der Waals surface area (Å²) in [7, 11) is -1.10. The van der Waals surface area contributed by atoms with Gasteiger partial charge in [-0.05, 0) is 42.3 Å². The molecule has 2 rings (SSSR count). The van der Waals surface area contributed by atoms with Gasteiger partial charge in [-0.3, -0.25) is 4.21 Å². The average molecular weight is 324 g/mol. The normalized spacial score (nSPS) is 12.3. The summed E-state index contributed by atoms with van der Waals surface area (Å²) < 4.78 is 13.3. The number of nitrogens with two attached hydrogens (primary N) is 1. The van der Waals surface area contributed by atoms with Gasteiger partial charge in [-0.1, -0.05) is 34.1 Å². The Kier molecular flexibility index (Phi) is 4.19. The van der Waals surface area contributed by atoms with Gasteiger partial charge in [-0.2, -0.15) is 0 Å². The predicted molar refractivity (Wildman–Crippen MR) is 79.8 cm³/mol. The van der Waals surface area contributed by atoms with Crippen LogP contribution in [0.5, 0.6) is 0 Å². The minimum absolute atomic E-state index is 0.487. The molecule has 2 aromatic carbocycles. The molecule has 0 radical (unpaired) electrons. The van der Waals surface area contributed by atoms with E-state index in [1.54, 1.807) is 0 Å². The fourth-order valence-corrected chi connectivity index (χ4v) is 3.14. The Labute approximate surface area is 118 Å². The zero-order valence-electron chi connectivity index (χ0n) is 10.0. The first-order valence-electron chi connectivity index (χ1n) is 5.55. The number of halogens is 1. The molecule has 0 aliphatic heterocycles. The molecule has 2 nitrogen and oxygen atoms in total. The molecule has 0 bridgehead atoms. The minimum atomic E-state index is -1.10. The summed E-state index contributed by atoms with van der Waals surface area (Å²) in [4.78, 5) is 0.712. The first-order chi connectivity index (χ1) is 8.56.